The lowest BCUT2D eigenvalue weighted by molar-refractivity contribution is -0.0178. The molecule has 0 aromatic rings. The molecule has 0 radical (unpaired) electrons. The van der Waals surface area contributed by atoms with E-state index in [-0.39, 0.29) is 5.54 Å². The quantitative estimate of drug-likeness (QED) is 0.841. The van der Waals surface area contributed by atoms with Gasteiger partial charge >= 0.3 is 0 Å². The first-order valence-corrected chi connectivity index (χ1v) is 9.01. The molecule has 0 amide bonds. The minimum absolute atomic E-state index is 0.285. The lowest BCUT2D eigenvalue weighted by Gasteiger charge is -2.51. The molecule has 1 saturated carbocycles. The molecule has 3 heteroatoms. The molecule has 124 valence electrons. The van der Waals surface area contributed by atoms with E-state index in [0.717, 1.165) is 18.5 Å². The number of piperazine rings is 1. The first-order chi connectivity index (χ1) is 9.97. The second-order valence-electron chi connectivity index (χ2n) is 7.93. The van der Waals surface area contributed by atoms with Gasteiger partial charge in [0.05, 0.1) is 6.10 Å². The standard InChI is InChI=1S/C18H36N2O/c1-6-18(4)13-20(16(12-19-18)10-14(2)3)15-8-7-9-17(11-15)21-5/h14-17,19H,6-13H2,1-5H3. The van der Waals surface area contributed by atoms with E-state index in [2.05, 4.69) is 37.9 Å². The molecule has 2 fully saturated rings. The molecule has 3 nitrogen and oxygen atoms in total. The third-order valence-corrected chi connectivity index (χ3v) is 5.69. The van der Waals surface area contributed by atoms with Crippen LogP contribution in [0.1, 0.15) is 66.2 Å². The molecule has 4 atom stereocenters. The highest BCUT2D eigenvalue weighted by Gasteiger charge is 2.39. The van der Waals surface area contributed by atoms with E-state index in [1.807, 2.05) is 7.11 Å². The van der Waals surface area contributed by atoms with E-state index in [1.54, 1.807) is 0 Å². The van der Waals surface area contributed by atoms with Crippen molar-refractivity contribution in [1.82, 2.24) is 10.2 Å². The van der Waals surface area contributed by atoms with E-state index in [9.17, 15) is 0 Å². The topological polar surface area (TPSA) is 24.5 Å². The Labute approximate surface area is 131 Å². The van der Waals surface area contributed by atoms with Gasteiger partial charge in [0.15, 0.2) is 0 Å². The summed E-state index contributed by atoms with van der Waals surface area (Å²) in [5.41, 5.74) is 0.285. The molecule has 21 heavy (non-hydrogen) atoms. The highest BCUT2D eigenvalue weighted by molar-refractivity contribution is 4.98. The number of nitrogens with zero attached hydrogens (tertiary/aromatic N) is 1. The number of hydrogen-bond acceptors (Lipinski definition) is 3. The van der Waals surface area contributed by atoms with E-state index in [4.69, 9.17) is 4.74 Å². The minimum atomic E-state index is 0.285. The van der Waals surface area contributed by atoms with Crippen LogP contribution >= 0.6 is 0 Å². The molecule has 0 spiro atoms. The van der Waals surface area contributed by atoms with Gasteiger partial charge in [-0.1, -0.05) is 20.8 Å². The Morgan fingerprint density at radius 3 is 2.71 bits per heavy atom. The van der Waals surface area contributed by atoms with Crippen LogP contribution in [0, 0.1) is 5.92 Å². The molecular formula is C18H36N2O. The minimum Gasteiger partial charge on any atom is -0.381 e. The summed E-state index contributed by atoms with van der Waals surface area (Å²) in [5.74, 6) is 0.770. The van der Waals surface area contributed by atoms with Crippen LogP contribution < -0.4 is 5.32 Å². The van der Waals surface area contributed by atoms with Crippen molar-refractivity contribution in [2.45, 2.75) is 89.9 Å². The highest BCUT2D eigenvalue weighted by atomic mass is 16.5. The van der Waals surface area contributed by atoms with Crippen LogP contribution in [0.2, 0.25) is 0 Å². The average molecular weight is 296 g/mol. The van der Waals surface area contributed by atoms with Gasteiger partial charge in [-0.3, -0.25) is 4.90 Å². The Morgan fingerprint density at radius 1 is 1.33 bits per heavy atom. The van der Waals surface area contributed by atoms with Gasteiger partial charge in [0.1, 0.15) is 0 Å². The Kier molecular flexibility index (Phi) is 6.10. The lowest BCUT2D eigenvalue weighted by Crippen LogP contribution is -2.65. The fourth-order valence-corrected chi connectivity index (χ4v) is 4.13. The summed E-state index contributed by atoms with van der Waals surface area (Å²) in [6, 6.07) is 1.42. The molecule has 2 aliphatic rings. The zero-order valence-corrected chi connectivity index (χ0v) is 14.8. The molecule has 0 aromatic heterocycles. The van der Waals surface area contributed by atoms with Crippen molar-refractivity contribution in [3.8, 4) is 0 Å². The summed E-state index contributed by atoms with van der Waals surface area (Å²) in [6.45, 7) is 11.8. The van der Waals surface area contributed by atoms with Crippen LogP contribution in [0.4, 0.5) is 0 Å². The van der Waals surface area contributed by atoms with Crippen molar-refractivity contribution in [2.24, 2.45) is 5.92 Å². The van der Waals surface area contributed by atoms with Crippen molar-refractivity contribution in [3.05, 3.63) is 0 Å². The second kappa shape index (κ2) is 7.43. The molecule has 1 saturated heterocycles. The van der Waals surface area contributed by atoms with Gasteiger partial charge in [-0.25, -0.2) is 0 Å². The molecule has 1 N–H and O–H groups in total. The van der Waals surface area contributed by atoms with Crippen LogP contribution in [-0.4, -0.2) is 48.8 Å². The molecule has 2 rings (SSSR count). The molecule has 1 aliphatic heterocycles. The summed E-state index contributed by atoms with van der Waals surface area (Å²) in [4.78, 5) is 2.84. The van der Waals surface area contributed by atoms with Crippen LogP contribution in [0.25, 0.3) is 0 Å². The van der Waals surface area contributed by atoms with Crippen molar-refractivity contribution in [2.75, 3.05) is 20.2 Å². The Morgan fingerprint density at radius 2 is 2.10 bits per heavy atom. The summed E-state index contributed by atoms with van der Waals surface area (Å²) in [7, 11) is 1.88. The third-order valence-electron chi connectivity index (χ3n) is 5.69. The molecule has 4 unspecified atom stereocenters. The van der Waals surface area contributed by atoms with Crippen LogP contribution in [0.15, 0.2) is 0 Å². The molecule has 1 aliphatic carbocycles. The van der Waals surface area contributed by atoms with E-state index < -0.39 is 0 Å². The predicted molar refractivity (Wildman–Crippen MR) is 89.7 cm³/mol. The van der Waals surface area contributed by atoms with Gasteiger partial charge < -0.3 is 10.1 Å². The number of ether oxygens (including phenoxy) is 1. The largest absolute Gasteiger partial charge is 0.381 e. The molecule has 0 aromatic carbocycles. The van der Waals surface area contributed by atoms with E-state index in [0.29, 0.717) is 12.1 Å². The zero-order chi connectivity index (χ0) is 15.5. The zero-order valence-electron chi connectivity index (χ0n) is 14.8. The monoisotopic (exact) mass is 296 g/mol. The van der Waals surface area contributed by atoms with Gasteiger partial charge in [-0.05, 0) is 51.4 Å². The van der Waals surface area contributed by atoms with Gasteiger partial charge in [0, 0.05) is 37.8 Å². The Bertz CT molecular complexity index is 320. The highest BCUT2D eigenvalue weighted by Crippen LogP contribution is 2.31. The molecule has 1 heterocycles. The van der Waals surface area contributed by atoms with Crippen molar-refractivity contribution in [1.29, 1.82) is 0 Å². The lowest BCUT2D eigenvalue weighted by atomic mass is 9.85. The van der Waals surface area contributed by atoms with Crippen LogP contribution in [0.5, 0.6) is 0 Å². The first-order valence-electron chi connectivity index (χ1n) is 9.01. The summed E-state index contributed by atoms with van der Waals surface area (Å²) >= 11 is 0. The van der Waals surface area contributed by atoms with E-state index in [1.165, 1.54) is 45.1 Å². The summed E-state index contributed by atoms with van der Waals surface area (Å²) in [6.07, 6.45) is 8.15. The maximum atomic E-state index is 5.66. The normalized spacial score (nSPS) is 38.9. The fourth-order valence-electron chi connectivity index (χ4n) is 4.13. The van der Waals surface area contributed by atoms with Crippen LogP contribution in [0.3, 0.4) is 0 Å². The number of nitrogens with one attached hydrogen (secondary N) is 1. The predicted octanol–water partition coefficient (Wildman–Crippen LogP) is 3.43. The number of methoxy groups -OCH3 is 1. The number of hydrogen-bond donors (Lipinski definition) is 1. The molecule has 0 bridgehead atoms. The molecular weight excluding hydrogens is 260 g/mol. The maximum absolute atomic E-state index is 5.66. The summed E-state index contributed by atoms with van der Waals surface area (Å²) in [5, 5.41) is 3.82. The van der Waals surface area contributed by atoms with Gasteiger partial charge in [0.25, 0.3) is 0 Å². The average Bonchev–Trinajstić information content (AvgIpc) is 2.49. The summed E-state index contributed by atoms with van der Waals surface area (Å²) < 4.78 is 5.66. The van der Waals surface area contributed by atoms with Gasteiger partial charge in [-0.2, -0.15) is 0 Å². The maximum Gasteiger partial charge on any atom is 0.0586 e. The van der Waals surface area contributed by atoms with Crippen molar-refractivity contribution >= 4 is 0 Å². The first kappa shape index (κ1) is 17.2. The van der Waals surface area contributed by atoms with Crippen molar-refractivity contribution in [3.63, 3.8) is 0 Å². The second-order valence-corrected chi connectivity index (χ2v) is 7.93. The van der Waals surface area contributed by atoms with Gasteiger partial charge in [0.2, 0.25) is 0 Å². The Balaban J connectivity index is 2.08. The van der Waals surface area contributed by atoms with Crippen molar-refractivity contribution < 1.29 is 4.74 Å². The Hall–Kier alpha value is -0.120. The smallest absolute Gasteiger partial charge is 0.0586 e. The fraction of sp³-hybridized carbons (Fsp3) is 1.00. The number of rotatable bonds is 5. The van der Waals surface area contributed by atoms with E-state index >= 15 is 0 Å². The SMILES string of the molecule is CCC1(C)CN(C2CCCC(OC)C2)C(CC(C)C)CN1. The van der Waals surface area contributed by atoms with Crippen LogP contribution in [-0.2, 0) is 4.74 Å². The van der Waals surface area contributed by atoms with Gasteiger partial charge in [-0.15, -0.1) is 0 Å². The third kappa shape index (κ3) is 4.43.